The van der Waals surface area contributed by atoms with Crippen molar-refractivity contribution in [1.82, 2.24) is 19.7 Å². The second-order valence-electron chi connectivity index (χ2n) is 8.28. The van der Waals surface area contributed by atoms with Gasteiger partial charge in [-0.15, -0.1) is 0 Å². The lowest BCUT2D eigenvalue weighted by Gasteiger charge is -2.16. The lowest BCUT2D eigenvalue weighted by atomic mass is 9.96. The Labute approximate surface area is 184 Å². The van der Waals surface area contributed by atoms with Gasteiger partial charge in [0.25, 0.3) is 5.56 Å². The summed E-state index contributed by atoms with van der Waals surface area (Å²) in [5.41, 5.74) is 1.94. The highest BCUT2D eigenvalue weighted by Crippen LogP contribution is 2.30. The molecule has 0 spiro atoms. The zero-order valence-corrected chi connectivity index (χ0v) is 19.0. The van der Waals surface area contributed by atoms with E-state index in [2.05, 4.69) is 10.1 Å². The summed E-state index contributed by atoms with van der Waals surface area (Å²) in [4.78, 5) is 22.7. The summed E-state index contributed by atoms with van der Waals surface area (Å²) in [6, 6.07) is 13.0. The van der Waals surface area contributed by atoms with Crippen LogP contribution in [-0.2, 0) is 11.2 Å². The van der Waals surface area contributed by atoms with Crippen LogP contribution in [-0.4, -0.2) is 26.8 Å². The molecule has 7 nitrogen and oxygen atoms in total. The molecule has 0 unspecified atom stereocenters. The fourth-order valence-electron chi connectivity index (χ4n) is 3.14. The standard InChI is InChI=1S/C23H24N4O3S/c1-14-10-11-18(29-5)17(12-14)27-20(28)15-8-6-7-9-16(15)24-22(27)31-13-19-25-21(26-30-19)23(2,3)4/h6-12H,13H2,1-5H3. The first-order valence-corrected chi connectivity index (χ1v) is 10.9. The van der Waals surface area contributed by atoms with Gasteiger partial charge in [-0.2, -0.15) is 4.98 Å². The van der Waals surface area contributed by atoms with E-state index < -0.39 is 0 Å². The molecule has 0 amide bonds. The number of hydrogen-bond acceptors (Lipinski definition) is 7. The highest BCUT2D eigenvalue weighted by Gasteiger charge is 2.22. The summed E-state index contributed by atoms with van der Waals surface area (Å²) < 4.78 is 12.6. The number of aryl methyl sites for hydroxylation is 1. The highest BCUT2D eigenvalue weighted by atomic mass is 32.2. The predicted molar refractivity (Wildman–Crippen MR) is 121 cm³/mol. The maximum atomic E-state index is 13.5. The Kier molecular flexibility index (Phi) is 5.58. The fourth-order valence-corrected chi connectivity index (χ4v) is 3.98. The molecule has 0 saturated carbocycles. The number of hydrogen-bond donors (Lipinski definition) is 0. The van der Waals surface area contributed by atoms with E-state index in [1.54, 1.807) is 17.7 Å². The van der Waals surface area contributed by atoms with Crippen LogP contribution in [0.4, 0.5) is 0 Å². The third-order valence-electron chi connectivity index (χ3n) is 4.78. The number of nitrogens with zero attached hydrogens (tertiary/aromatic N) is 4. The number of ether oxygens (including phenoxy) is 1. The van der Waals surface area contributed by atoms with Crippen molar-refractivity contribution in [2.45, 2.75) is 44.0 Å². The van der Waals surface area contributed by atoms with Crippen LogP contribution in [0.2, 0.25) is 0 Å². The van der Waals surface area contributed by atoms with E-state index >= 15 is 0 Å². The average Bonchev–Trinajstić information content (AvgIpc) is 3.22. The molecular weight excluding hydrogens is 412 g/mol. The summed E-state index contributed by atoms with van der Waals surface area (Å²) in [5, 5.41) is 5.15. The topological polar surface area (TPSA) is 83.0 Å². The van der Waals surface area contributed by atoms with E-state index in [-0.39, 0.29) is 11.0 Å². The first-order chi connectivity index (χ1) is 14.8. The van der Waals surface area contributed by atoms with Gasteiger partial charge in [0.2, 0.25) is 5.89 Å². The molecule has 0 atom stereocenters. The maximum absolute atomic E-state index is 13.5. The molecular formula is C23H24N4O3S. The molecule has 0 radical (unpaired) electrons. The van der Waals surface area contributed by atoms with E-state index in [9.17, 15) is 4.79 Å². The van der Waals surface area contributed by atoms with E-state index in [0.29, 0.717) is 45.0 Å². The number of aromatic nitrogens is 4. The van der Waals surface area contributed by atoms with Crippen molar-refractivity contribution in [2.75, 3.05) is 7.11 Å². The minimum absolute atomic E-state index is 0.155. The van der Waals surface area contributed by atoms with Crippen LogP contribution in [0, 0.1) is 6.92 Å². The molecule has 0 aliphatic carbocycles. The third kappa shape index (κ3) is 4.20. The molecule has 2 heterocycles. The van der Waals surface area contributed by atoms with Gasteiger partial charge in [-0.25, -0.2) is 4.98 Å². The van der Waals surface area contributed by atoms with Gasteiger partial charge in [0, 0.05) is 5.41 Å². The van der Waals surface area contributed by atoms with Gasteiger partial charge in [-0.3, -0.25) is 9.36 Å². The average molecular weight is 437 g/mol. The molecule has 2 aromatic heterocycles. The fraction of sp³-hybridized carbons (Fsp3) is 0.304. The molecule has 4 rings (SSSR count). The highest BCUT2D eigenvalue weighted by molar-refractivity contribution is 7.98. The van der Waals surface area contributed by atoms with E-state index in [4.69, 9.17) is 14.2 Å². The normalized spacial score (nSPS) is 11.8. The van der Waals surface area contributed by atoms with E-state index in [1.165, 1.54) is 11.8 Å². The van der Waals surface area contributed by atoms with Crippen LogP contribution in [0.1, 0.15) is 38.0 Å². The molecule has 31 heavy (non-hydrogen) atoms. The molecule has 0 saturated heterocycles. The summed E-state index contributed by atoms with van der Waals surface area (Å²) in [7, 11) is 1.59. The Bertz CT molecular complexity index is 1300. The molecule has 0 N–H and O–H groups in total. The Balaban J connectivity index is 1.83. The molecule has 0 bridgehead atoms. The van der Waals surface area contributed by atoms with Crippen molar-refractivity contribution in [3.63, 3.8) is 0 Å². The van der Waals surface area contributed by atoms with Crippen molar-refractivity contribution in [2.24, 2.45) is 0 Å². The molecule has 8 heteroatoms. The molecule has 160 valence electrons. The third-order valence-corrected chi connectivity index (χ3v) is 5.71. The predicted octanol–water partition coefficient (Wildman–Crippen LogP) is 4.68. The molecule has 4 aromatic rings. The van der Waals surface area contributed by atoms with Crippen molar-refractivity contribution in [1.29, 1.82) is 0 Å². The molecule has 0 aliphatic rings. The second kappa shape index (κ2) is 8.19. The molecule has 0 aliphatic heterocycles. The summed E-state index contributed by atoms with van der Waals surface area (Å²) in [5.74, 6) is 2.12. The van der Waals surface area contributed by atoms with E-state index in [0.717, 1.165) is 5.56 Å². The number of fused-ring (bicyclic) bond motifs is 1. The number of methoxy groups -OCH3 is 1. The van der Waals surface area contributed by atoms with Gasteiger partial charge in [0.05, 0.1) is 29.5 Å². The summed E-state index contributed by atoms with van der Waals surface area (Å²) >= 11 is 1.37. The number of rotatable bonds is 5. The monoisotopic (exact) mass is 436 g/mol. The van der Waals surface area contributed by atoms with Gasteiger partial charge in [-0.05, 0) is 36.8 Å². The van der Waals surface area contributed by atoms with E-state index in [1.807, 2.05) is 64.1 Å². The van der Waals surface area contributed by atoms with Gasteiger partial charge in [-0.1, -0.05) is 55.9 Å². The minimum Gasteiger partial charge on any atom is -0.495 e. The van der Waals surface area contributed by atoms with Crippen LogP contribution in [0.25, 0.3) is 16.6 Å². The number of thioether (sulfide) groups is 1. The number of para-hydroxylation sites is 1. The Morgan fingerprint density at radius 3 is 2.61 bits per heavy atom. The van der Waals surface area contributed by atoms with Crippen LogP contribution >= 0.6 is 11.8 Å². The SMILES string of the molecule is COc1ccc(C)cc1-n1c(SCc2nc(C(C)(C)C)no2)nc2ccccc2c1=O. The minimum atomic E-state index is -0.204. The van der Waals surface area contributed by atoms with Gasteiger partial charge >= 0.3 is 0 Å². The lowest BCUT2D eigenvalue weighted by molar-refractivity contribution is 0.372. The maximum Gasteiger partial charge on any atom is 0.266 e. The van der Waals surface area contributed by atoms with Gasteiger partial charge in [0.15, 0.2) is 11.0 Å². The lowest BCUT2D eigenvalue weighted by Crippen LogP contribution is -2.22. The van der Waals surface area contributed by atoms with Crippen molar-refractivity contribution in [3.8, 4) is 11.4 Å². The molecule has 2 aromatic carbocycles. The molecule has 0 fully saturated rings. The largest absolute Gasteiger partial charge is 0.495 e. The van der Waals surface area contributed by atoms with Gasteiger partial charge < -0.3 is 9.26 Å². The Morgan fingerprint density at radius 1 is 1.13 bits per heavy atom. The van der Waals surface area contributed by atoms with Crippen molar-refractivity contribution in [3.05, 3.63) is 70.1 Å². The van der Waals surface area contributed by atoms with Crippen LogP contribution in [0.15, 0.2) is 56.9 Å². The van der Waals surface area contributed by atoms with Crippen molar-refractivity contribution < 1.29 is 9.26 Å². The van der Waals surface area contributed by atoms with Crippen LogP contribution in [0.3, 0.4) is 0 Å². The van der Waals surface area contributed by atoms with Crippen molar-refractivity contribution >= 4 is 22.7 Å². The van der Waals surface area contributed by atoms with Crippen LogP contribution in [0.5, 0.6) is 5.75 Å². The summed E-state index contributed by atoms with van der Waals surface area (Å²) in [6.07, 6.45) is 0. The number of benzene rings is 2. The first kappa shape index (κ1) is 21.1. The quantitative estimate of drug-likeness (QED) is 0.332. The van der Waals surface area contributed by atoms with Crippen LogP contribution < -0.4 is 10.3 Å². The summed E-state index contributed by atoms with van der Waals surface area (Å²) in [6.45, 7) is 8.06. The zero-order valence-electron chi connectivity index (χ0n) is 18.2. The van der Waals surface area contributed by atoms with Gasteiger partial charge in [0.1, 0.15) is 5.75 Å². The smallest absolute Gasteiger partial charge is 0.266 e. The second-order valence-corrected chi connectivity index (χ2v) is 9.22. The Hall–Kier alpha value is -3.13. The first-order valence-electron chi connectivity index (χ1n) is 9.90. The Morgan fingerprint density at radius 2 is 1.90 bits per heavy atom. The zero-order chi connectivity index (χ0) is 22.2.